The van der Waals surface area contributed by atoms with Crippen LogP contribution in [-0.2, 0) is 0 Å². The van der Waals surface area contributed by atoms with Crippen molar-refractivity contribution in [3.63, 3.8) is 0 Å². The van der Waals surface area contributed by atoms with Gasteiger partial charge in [0, 0.05) is 13.2 Å². The minimum Gasteiger partial charge on any atom is -0.396 e. The molecule has 8 heteroatoms. The molecule has 118 valence electrons. The van der Waals surface area contributed by atoms with Crippen LogP contribution < -0.4 is 5.32 Å². The molecule has 0 heterocycles. The molecular weight excluding hydrogens is 297 g/mol. The molecular formula is C13H14F5NO2. The third-order valence-corrected chi connectivity index (χ3v) is 2.81. The van der Waals surface area contributed by atoms with Crippen LogP contribution in [0.2, 0.25) is 0 Å². The number of halogens is 5. The third-order valence-electron chi connectivity index (χ3n) is 2.81. The number of carbonyl (C=O) groups excluding carboxylic acids is 1. The summed E-state index contributed by atoms with van der Waals surface area (Å²) in [5.41, 5.74) is -1.48. The quantitative estimate of drug-likeness (QED) is 0.352. The highest BCUT2D eigenvalue weighted by Gasteiger charge is 2.29. The topological polar surface area (TPSA) is 49.3 Å². The van der Waals surface area contributed by atoms with Crippen LogP contribution in [0.4, 0.5) is 22.0 Å². The van der Waals surface area contributed by atoms with E-state index >= 15 is 0 Å². The maximum Gasteiger partial charge on any atom is 0.257 e. The van der Waals surface area contributed by atoms with Gasteiger partial charge in [0.05, 0.1) is 0 Å². The zero-order valence-electron chi connectivity index (χ0n) is 11.0. The van der Waals surface area contributed by atoms with E-state index in [4.69, 9.17) is 5.11 Å². The molecule has 0 atom stereocenters. The van der Waals surface area contributed by atoms with E-state index in [0.29, 0.717) is 25.7 Å². The second-order valence-corrected chi connectivity index (χ2v) is 4.34. The number of benzene rings is 1. The molecule has 2 N–H and O–H groups in total. The van der Waals surface area contributed by atoms with Crippen LogP contribution in [0.3, 0.4) is 0 Å². The molecule has 0 saturated carbocycles. The van der Waals surface area contributed by atoms with Crippen LogP contribution in [-0.4, -0.2) is 24.2 Å². The summed E-state index contributed by atoms with van der Waals surface area (Å²) < 4.78 is 65.3. The Hall–Kier alpha value is -1.70. The number of hydrogen-bond donors (Lipinski definition) is 2. The van der Waals surface area contributed by atoms with Gasteiger partial charge in [0.25, 0.3) is 5.91 Å². The molecule has 0 unspecified atom stereocenters. The van der Waals surface area contributed by atoms with Crippen molar-refractivity contribution in [1.82, 2.24) is 5.32 Å². The minimum absolute atomic E-state index is 0.0315. The summed E-state index contributed by atoms with van der Waals surface area (Å²) in [6.45, 7) is 0.0701. The lowest BCUT2D eigenvalue weighted by atomic mass is 10.1. The molecule has 3 nitrogen and oxygen atoms in total. The largest absolute Gasteiger partial charge is 0.396 e. The lowest BCUT2D eigenvalue weighted by molar-refractivity contribution is 0.0941. The lowest BCUT2D eigenvalue weighted by Crippen LogP contribution is -2.28. The summed E-state index contributed by atoms with van der Waals surface area (Å²) in [4.78, 5) is 11.5. The third kappa shape index (κ3) is 4.13. The summed E-state index contributed by atoms with van der Waals surface area (Å²) >= 11 is 0. The smallest absolute Gasteiger partial charge is 0.257 e. The fourth-order valence-electron chi connectivity index (χ4n) is 1.68. The van der Waals surface area contributed by atoms with Crippen LogP contribution in [0.5, 0.6) is 0 Å². The first-order valence-electron chi connectivity index (χ1n) is 6.32. The second kappa shape index (κ2) is 7.92. The summed E-state index contributed by atoms with van der Waals surface area (Å²) in [6.07, 6.45) is 2.40. The van der Waals surface area contributed by atoms with Crippen molar-refractivity contribution < 1.29 is 31.9 Å². The van der Waals surface area contributed by atoms with Crippen LogP contribution in [0.25, 0.3) is 0 Å². The van der Waals surface area contributed by atoms with E-state index in [0.717, 1.165) is 0 Å². The first-order valence-corrected chi connectivity index (χ1v) is 6.32. The molecule has 0 aliphatic heterocycles. The summed E-state index contributed by atoms with van der Waals surface area (Å²) in [6, 6.07) is 0. The van der Waals surface area contributed by atoms with Gasteiger partial charge in [-0.2, -0.15) is 0 Å². The van der Waals surface area contributed by atoms with E-state index in [2.05, 4.69) is 5.32 Å². The van der Waals surface area contributed by atoms with Crippen LogP contribution >= 0.6 is 0 Å². The molecule has 0 saturated heterocycles. The maximum absolute atomic E-state index is 13.3. The molecule has 21 heavy (non-hydrogen) atoms. The highest BCUT2D eigenvalue weighted by Crippen LogP contribution is 2.22. The Kier molecular flexibility index (Phi) is 6.54. The lowest BCUT2D eigenvalue weighted by Gasteiger charge is -2.09. The van der Waals surface area contributed by atoms with Crippen molar-refractivity contribution in [2.24, 2.45) is 0 Å². The van der Waals surface area contributed by atoms with Gasteiger partial charge in [-0.3, -0.25) is 4.79 Å². The molecule has 0 radical (unpaired) electrons. The van der Waals surface area contributed by atoms with Crippen molar-refractivity contribution in [2.45, 2.75) is 25.7 Å². The molecule has 0 aromatic heterocycles. The predicted octanol–water partition coefficient (Wildman–Crippen LogP) is 2.66. The Morgan fingerprint density at radius 2 is 1.29 bits per heavy atom. The van der Waals surface area contributed by atoms with Crippen molar-refractivity contribution >= 4 is 5.91 Å². The molecule has 1 rings (SSSR count). The van der Waals surface area contributed by atoms with E-state index in [1.165, 1.54) is 0 Å². The Balaban J connectivity index is 2.71. The molecule has 0 fully saturated rings. The maximum atomic E-state index is 13.3. The van der Waals surface area contributed by atoms with Crippen LogP contribution in [0, 0.1) is 29.1 Å². The average molecular weight is 311 g/mol. The summed E-state index contributed by atoms with van der Waals surface area (Å²) in [5.74, 6) is -12.3. The Morgan fingerprint density at radius 1 is 0.810 bits per heavy atom. The molecule has 0 aliphatic rings. The fraction of sp³-hybridized carbons (Fsp3) is 0.462. The van der Waals surface area contributed by atoms with E-state index in [1.54, 1.807) is 0 Å². The Morgan fingerprint density at radius 3 is 1.81 bits per heavy atom. The normalized spacial score (nSPS) is 10.8. The first kappa shape index (κ1) is 17.4. The standard InChI is InChI=1S/C13H14F5NO2/c14-8-7(9(15)11(17)12(18)10(8)16)13(21)19-5-3-1-2-4-6-20/h20H,1-6H2,(H,19,21). The van der Waals surface area contributed by atoms with Crippen LogP contribution in [0.1, 0.15) is 36.0 Å². The first-order chi connectivity index (χ1) is 9.91. The van der Waals surface area contributed by atoms with Crippen LogP contribution in [0.15, 0.2) is 0 Å². The van der Waals surface area contributed by atoms with Gasteiger partial charge in [0.15, 0.2) is 23.3 Å². The minimum atomic E-state index is -2.30. The number of aliphatic hydroxyl groups excluding tert-OH is 1. The van der Waals surface area contributed by atoms with Gasteiger partial charge >= 0.3 is 0 Å². The number of unbranched alkanes of at least 4 members (excludes halogenated alkanes) is 3. The van der Waals surface area contributed by atoms with Crippen molar-refractivity contribution in [2.75, 3.05) is 13.2 Å². The molecule has 1 amide bonds. The van der Waals surface area contributed by atoms with E-state index in [1.807, 2.05) is 0 Å². The number of rotatable bonds is 7. The number of hydrogen-bond acceptors (Lipinski definition) is 2. The number of amides is 1. The molecule has 1 aromatic carbocycles. The molecule has 1 aromatic rings. The monoisotopic (exact) mass is 311 g/mol. The zero-order valence-corrected chi connectivity index (χ0v) is 11.0. The Labute approximate surface area is 117 Å². The second-order valence-electron chi connectivity index (χ2n) is 4.34. The number of nitrogens with one attached hydrogen (secondary N) is 1. The number of carbonyl (C=O) groups is 1. The van der Waals surface area contributed by atoms with E-state index in [9.17, 15) is 26.7 Å². The van der Waals surface area contributed by atoms with E-state index < -0.39 is 40.6 Å². The van der Waals surface area contributed by atoms with E-state index in [-0.39, 0.29) is 13.2 Å². The van der Waals surface area contributed by atoms with Gasteiger partial charge in [-0.05, 0) is 12.8 Å². The van der Waals surface area contributed by atoms with Crippen molar-refractivity contribution in [3.8, 4) is 0 Å². The van der Waals surface area contributed by atoms with Gasteiger partial charge < -0.3 is 10.4 Å². The summed E-state index contributed by atoms with van der Waals surface area (Å²) in [7, 11) is 0. The van der Waals surface area contributed by atoms with Gasteiger partial charge in [0.2, 0.25) is 5.82 Å². The van der Waals surface area contributed by atoms with Crippen molar-refractivity contribution in [1.29, 1.82) is 0 Å². The fourth-order valence-corrected chi connectivity index (χ4v) is 1.68. The SMILES string of the molecule is O=C(NCCCCCCO)c1c(F)c(F)c(F)c(F)c1F. The zero-order chi connectivity index (χ0) is 16.0. The highest BCUT2D eigenvalue weighted by atomic mass is 19.2. The predicted molar refractivity (Wildman–Crippen MR) is 64.1 cm³/mol. The molecule has 0 bridgehead atoms. The molecule has 0 spiro atoms. The van der Waals surface area contributed by atoms with Gasteiger partial charge in [-0.25, -0.2) is 22.0 Å². The number of aliphatic hydroxyl groups is 1. The van der Waals surface area contributed by atoms with Gasteiger partial charge in [-0.1, -0.05) is 12.8 Å². The Bertz CT molecular complexity index is 493. The van der Waals surface area contributed by atoms with Crippen molar-refractivity contribution in [3.05, 3.63) is 34.6 Å². The van der Waals surface area contributed by atoms with Gasteiger partial charge in [-0.15, -0.1) is 0 Å². The average Bonchev–Trinajstić information content (AvgIpc) is 2.47. The summed E-state index contributed by atoms with van der Waals surface area (Å²) in [5, 5.41) is 10.6. The highest BCUT2D eigenvalue weighted by molar-refractivity contribution is 5.94. The molecule has 0 aliphatic carbocycles. The van der Waals surface area contributed by atoms with Gasteiger partial charge in [0.1, 0.15) is 5.56 Å².